The molecule has 2 aromatic heterocycles. The molecule has 0 saturated carbocycles. The molecule has 0 aliphatic carbocycles. The first-order valence-corrected chi connectivity index (χ1v) is 6.02. The van der Waals surface area contributed by atoms with Gasteiger partial charge in [-0.05, 0) is 5.92 Å². The largest absolute Gasteiger partial charge is 0.390 e. The molecule has 2 heterocycles. The summed E-state index contributed by atoms with van der Waals surface area (Å²) in [6, 6.07) is 0. The van der Waals surface area contributed by atoms with Gasteiger partial charge in [0.15, 0.2) is 23.2 Å². The lowest BCUT2D eigenvalue weighted by molar-refractivity contribution is -0.103. The summed E-state index contributed by atoms with van der Waals surface area (Å²) in [4.78, 5) is 10.7. The lowest BCUT2D eigenvalue weighted by Crippen LogP contribution is -2.38. The zero-order valence-corrected chi connectivity index (χ0v) is 11.0. The maximum Gasteiger partial charge on any atom is 0.312 e. The van der Waals surface area contributed by atoms with E-state index < -0.39 is 24.5 Å². The minimum atomic E-state index is -1.54. The van der Waals surface area contributed by atoms with Crippen LogP contribution in [0, 0.1) is 12.0 Å². The summed E-state index contributed by atoms with van der Waals surface area (Å²) in [5.74, 6) is -0.441. The summed E-state index contributed by atoms with van der Waals surface area (Å²) < 4.78 is 14.2. The molecule has 0 fully saturated rings. The Labute approximate surface area is 113 Å². The van der Waals surface area contributed by atoms with Crippen LogP contribution >= 0.6 is 0 Å². The number of aromatic nitrogens is 4. The van der Waals surface area contributed by atoms with Gasteiger partial charge in [-0.15, -0.1) is 0 Å². The van der Waals surface area contributed by atoms with E-state index in [0.717, 1.165) is 10.9 Å². The van der Waals surface area contributed by atoms with Crippen LogP contribution in [0.1, 0.15) is 20.1 Å². The van der Waals surface area contributed by atoms with E-state index in [4.69, 9.17) is 5.73 Å². The van der Waals surface area contributed by atoms with Crippen molar-refractivity contribution in [2.45, 2.75) is 32.3 Å². The number of nitrogens with zero attached hydrogens (tertiary/aromatic N) is 4. The zero-order valence-electron chi connectivity index (χ0n) is 11.0. The normalized spacial score (nSPS) is 16.6. The molecule has 2 aromatic rings. The molecule has 0 amide bonds. The molecule has 0 aromatic carbocycles. The van der Waals surface area contributed by atoms with E-state index in [-0.39, 0.29) is 22.9 Å². The molecule has 5 N–H and O–H groups in total. The van der Waals surface area contributed by atoms with Gasteiger partial charge in [-0.25, -0.2) is 4.98 Å². The molecular weight excluding hydrogens is 269 g/mol. The van der Waals surface area contributed by atoms with Crippen molar-refractivity contribution < 1.29 is 19.7 Å². The Morgan fingerprint density at radius 1 is 1.20 bits per heavy atom. The van der Waals surface area contributed by atoms with E-state index >= 15 is 0 Å². The van der Waals surface area contributed by atoms with Gasteiger partial charge in [0.25, 0.3) is 0 Å². The summed E-state index contributed by atoms with van der Waals surface area (Å²) in [6.07, 6.45) is -4.09. The Balaban J connectivity index is 2.43. The van der Waals surface area contributed by atoms with Crippen LogP contribution in [0.4, 0.5) is 10.2 Å². The molecule has 3 atom stereocenters. The van der Waals surface area contributed by atoms with Crippen molar-refractivity contribution in [3.05, 3.63) is 12.4 Å². The van der Waals surface area contributed by atoms with Crippen molar-refractivity contribution >= 4 is 17.0 Å². The van der Waals surface area contributed by atoms with Crippen molar-refractivity contribution in [3.8, 4) is 0 Å². The number of nitrogen functional groups attached to an aromatic ring is 1. The summed E-state index contributed by atoms with van der Waals surface area (Å²) in [7, 11) is 0. The number of hydrogen-bond acceptors (Lipinski definition) is 7. The van der Waals surface area contributed by atoms with Crippen LogP contribution in [0.2, 0.25) is 0 Å². The topological polar surface area (TPSA) is 130 Å². The molecule has 0 aliphatic heterocycles. The Kier molecular flexibility index (Phi) is 3.84. The minimum Gasteiger partial charge on any atom is -0.390 e. The van der Waals surface area contributed by atoms with E-state index in [1.807, 2.05) is 0 Å². The third-order valence-electron chi connectivity index (χ3n) is 3.04. The Morgan fingerprint density at radius 3 is 2.45 bits per heavy atom. The molecule has 20 heavy (non-hydrogen) atoms. The molecule has 110 valence electrons. The second-order valence-corrected chi connectivity index (χ2v) is 4.84. The third kappa shape index (κ3) is 2.42. The summed E-state index contributed by atoms with van der Waals surface area (Å²) in [5.41, 5.74) is 5.54. The van der Waals surface area contributed by atoms with Crippen LogP contribution < -0.4 is 5.73 Å². The average Bonchev–Trinajstić information content (AvgIpc) is 2.79. The lowest BCUT2D eigenvalue weighted by atomic mass is 10.0. The molecule has 0 saturated heterocycles. The monoisotopic (exact) mass is 285 g/mol. The minimum absolute atomic E-state index is 0.0579. The fraction of sp³-hybridized carbons (Fsp3) is 0.545. The predicted molar refractivity (Wildman–Crippen MR) is 67.8 cm³/mol. The molecule has 0 radical (unpaired) electrons. The standard InChI is InChI=1S/C11H16FN5O3/c1-4(2)6(18)7(19)10(20)17-3-14-5-8(13)15-11(12)16-9(5)17/h3-4,6-7,10,18-20H,1-2H3,(H2,13,15,16). The van der Waals surface area contributed by atoms with Crippen LogP contribution in [0.5, 0.6) is 0 Å². The molecule has 8 nitrogen and oxygen atoms in total. The maximum atomic E-state index is 13.2. The maximum absolute atomic E-state index is 13.2. The van der Waals surface area contributed by atoms with Gasteiger partial charge in [0.05, 0.1) is 12.4 Å². The SMILES string of the molecule is CC(C)C(O)C(O)C(O)n1cnc2c(N)nc(F)nc21. The fourth-order valence-corrected chi connectivity index (χ4v) is 1.84. The average molecular weight is 285 g/mol. The number of imidazole rings is 1. The van der Waals surface area contributed by atoms with E-state index in [1.165, 1.54) is 0 Å². The number of fused-ring (bicyclic) bond motifs is 1. The number of halogens is 1. The van der Waals surface area contributed by atoms with Crippen molar-refractivity contribution in [1.29, 1.82) is 0 Å². The number of aliphatic hydroxyl groups excluding tert-OH is 3. The van der Waals surface area contributed by atoms with Crippen molar-refractivity contribution in [1.82, 2.24) is 19.5 Å². The van der Waals surface area contributed by atoms with Crippen molar-refractivity contribution in [2.75, 3.05) is 5.73 Å². The van der Waals surface area contributed by atoms with Gasteiger partial charge in [0, 0.05) is 0 Å². The highest BCUT2D eigenvalue weighted by Gasteiger charge is 2.29. The van der Waals surface area contributed by atoms with Gasteiger partial charge in [0.2, 0.25) is 0 Å². The number of aliphatic hydroxyl groups is 3. The van der Waals surface area contributed by atoms with E-state index in [0.29, 0.717) is 0 Å². The first-order valence-electron chi connectivity index (χ1n) is 6.02. The van der Waals surface area contributed by atoms with Crippen molar-refractivity contribution in [3.63, 3.8) is 0 Å². The molecule has 3 unspecified atom stereocenters. The summed E-state index contributed by atoms with van der Waals surface area (Å²) in [6.45, 7) is 3.37. The fourth-order valence-electron chi connectivity index (χ4n) is 1.84. The van der Waals surface area contributed by atoms with Gasteiger partial charge in [-0.3, -0.25) is 4.57 Å². The highest BCUT2D eigenvalue weighted by atomic mass is 19.1. The van der Waals surface area contributed by atoms with Gasteiger partial charge in [0.1, 0.15) is 6.10 Å². The van der Waals surface area contributed by atoms with Gasteiger partial charge < -0.3 is 21.1 Å². The smallest absolute Gasteiger partial charge is 0.312 e. The predicted octanol–water partition coefficient (Wildman–Crippen LogP) is -0.584. The van der Waals surface area contributed by atoms with E-state index in [1.54, 1.807) is 13.8 Å². The second kappa shape index (κ2) is 5.27. The Morgan fingerprint density at radius 2 is 1.85 bits per heavy atom. The molecule has 2 rings (SSSR count). The second-order valence-electron chi connectivity index (χ2n) is 4.84. The van der Waals surface area contributed by atoms with Gasteiger partial charge >= 0.3 is 6.08 Å². The Bertz CT molecular complexity index is 617. The van der Waals surface area contributed by atoms with Crippen LogP contribution in [0.3, 0.4) is 0 Å². The molecular formula is C11H16FN5O3. The van der Waals surface area contributed by atoms with Crippen LogP contribution in [0.15, 0.2) is 6.33 Å². The molecule has 0 spiro atoms. The first-order chi connectivity index (χ1) is 9.32. The summed E-state index contributed by atoms with van der Waals surface area (Å²) in [5, 5.41) is 29.7. The highest BCUT2D eigenvalue weighted by Crippen LogP contribution is 2.22. The van der Waals surface area contributed by atoms with Crippen molar-refractivity contribution in [2.24, 2.45) is 5.92 Å². The zero-order chi connectivity index (χ0) is 15.0. The first kappa shape index (κ1) is 14.6. The van der Waals surface area contributed by atoms with Gasteiger partial charge in [-0.1, -0.05) is 13.8 Å². The third-order valence-corrected chi connectivity index (χ3v) is 3.04. The Hall–Kier alpha value is -1.84. The highest BCUT2D eigenvalue weighted by molar-refractivity contribution is 5.81. The van der Waals surface area contributed by atoms with Gasteiger partial charge in [-0.2, -0.15) is 14.4 Å². The molecule has 0 bridgehead atoms. The summed E-state index contributed by atoms with van der Waals surface area (Å²) >= 11 is 0. The van der Waals surface area contributed by atoms with E-state index in [9.17, 15) is 19.7 Å². The molecule has 9 heteroatoms. The van der Waals surface area contributed by atoms with Crippen LogP contribution in [-0.4, -0.2) is 47.0 Å². The van der Waals surface area contributed by atoms with Crippen LogP contribution in [-0.2, 0) is 0 Å². The molecule has 0 aliphatic rings. The number of nitrogens with two attached hydrogens (primary N) is 1. The van der Waals surface area contributed by atoms with Crippen LogP contribution in [0.25, 0.3) is 11.2 Å². The van der Waals surface area contributed by atoms with E-state index in [2.05, 4.69) is 15.0 Å². The number of rotatable bonds is 4. The lowest BCUT2D eigenvalue weighted by Gasteiger charge is -2.26. The number of hydrogen-bond donors (Lipinski definition) is 4. The quantitative estimate of drug-likeness (QED) is 0.552. The number of anilines is 1.